The van der Waals surface area contributed by atoms with Crippen LogP contribution in [-0.4, -0.2) is 14.2 Å². The van der Waals surface area contributed by atoms with Crippen molar-refractivity contribution in [3.8, 4) is 11.5 Å². The third-order valence-corrected chi connectivity index (χ3v) is 2.91. The van der Waals surface area contributed by atoms with Crippen molar-refractivity contribution < 1.29 is 13.9 Å². The van der Waals surface area contributed by atoms with Gasteiger partial charge >= 0.3 is 0 Å². The minimum Gasteiger partial charge on any atom is -0.493 e. The van der Waals surface area contributed by atoms with Crippen LogP contribution in [0.25, 0.3) is 0 Å². The molecule has 0 aliphatic heterocycles. The first-order chi connectivity index (χ1) is 9.22. The van der Waals surface area contributed by atoms with Gasteiger partial charge in [0.1, 0.15) is 5.76 Å². The molecular weight excluding hydrogens is 266 g/mol. The zero-order chi connectivity index (χ0) is 13.7. The summed E-state index contributed by atoms with van der Waals surface area (Å²) in [4.78, 5) is 0. The highest BCUT2D eigenvalue weighted by molar-refractivity contribution is 6.28. The summed E-state index contributed by atoms with van der Waals surface area (Å²) in [6, 6.07) is 9.41. The van der Waals surface area contributed by atoms with Crippen LogP contribution in [0.2, 0.25) is 5.22 Å². The van der Waals surface area contributed by atoms with Gasteiger partial charge in [-0.2, -0.15) is 0 Å². The van der Waals surface area contributed by atoms with E-state index in [1.807, 2.05) is 24.3 Å². The minimum absolute atomic E-state index is 0.405. The zero-order valence-corrected chi connectivity index (χ0v) is 11.7. The molecule has 2 rings (SSSR count). The molecule has 1 N–H and O–H groups in total. The van der Waals surface area contributed by atoms with E-state index in [2.05, 4.69) is 5.32 Å². The highest BCUT2D eigenvalue weighted by atomic mass is 35.5. The van der Waals surface area contributed by atoms with Crippen molar-refractivity contribution >= 4 is 11.6 Å². The van der Waals surface area contributed by atoms with Crippen molar-refractivity contribution in [2.75, 3.05) is 14.2 Å². The van der Waals surface area contributed by atoms with E-state index < -0.39 is 0 Å². The zero-order valence-electron chi connectivity index (χ0n) is 10.9. The molecule has 0 amide bonds. The number of rotatable bonds is 6. The number of halogens is 1. The molecule has 0 unspecified atom stereocenters. The third-order valence-electron chi connectivity index (χ3n) is 2.71. The Balaban J connectivity index is 1.92. The Morgan fingerprint density at radius 2 is 1.84 bits per heavy atom. The second-order valence-electron chi connectivity index (χ2n) is 4.00. The maximum absolute atomic E-state index is 5.70. The van der Waals surface area contributed by atoms with Gasteiger partial charge in [-0.05, 0) is 41.4 Å². The first-order valence-electron chi connectivity index (χ1n) is 5.88. The Morgan fingerprint density at radius 3 is 2.47 bits per heavy atom. The molecule has 1 heterocycles. The lowest BCUT2D eigenvalue weighted by atomic mass is 10.2. The fourth-order valence-electron chi connectivity index (χ4n) is 1.77. The van der Waals surface area contributed by atoms with E-state index in [4.69, 9.17) is 25.5 Å². The highest BCUT2D eigenvalue weighted by Gasteiger charge is 2.05. The molecule has 102 valence electrons. The lowest BCUT2D eigenvalue weighted by Gasteiger charge is -2.09. The molecular formula is C14H16ClNO3. The van der Waals surface area contributed by atoms with E-state index in [0.717, 1.165) is 22.8 Å². The molecule has 0 atom stereocenters. The first-order valence-corrected chi connectivity index (χ1v) is 6.26. The summed E-state index contributed by atoms with van der Waals surface area (Å²) >= 11 is 5.70. The van der Waals surface area contributed by atoms with Crippen LogP contribution in [0.5, 0.6) is 11.5 Å². The number of hydrogen-bond acceptors (Lipinski definition) is 4. The summed E-state index contributed by atoms with van der Waals surface area (Å²) < 4.78 is 15.7. The van der Waals surface area contributed by atoms with Crippen molar-refractivity contribution in [1.29, 1.82) is 0 Å². The van der Waals surface area contributed by atoms with Gasteiger partial charge in [-0.3, -0.25) is 0 Å². The van der Waals surface area contributed by atoms with Gasteiger partial charge in [-0.15, -0.1) is 0 Å². The van der Waals surface area contributed by atoms with E-state index in [1.165, 1.54) is 0 Å². The molecule has 1 aromatic carbocycles. The number of furan rings is 1. The topological polar surface area (TPSA) is 43.6 Å². The first kappa shape index (κ1) is 13.8. The molecule has 0 spiro atoms. The lowest BCUT2D eigenvalue weighted by molar-refractivity contribution is 0.354. The predicted molar refractivity (Wildman–Crippen MR) is 73.8 cm³/mol. The van der Waals surface area contributed by atoms with Crippen molar-refractivity contribution in [3.05, 3.63) is 46.9 Å². The van der Waals surface area contributed by atoms with Crippen LogP contribution in [-0.2, 0) is 13.1 Å². The Morgan fingerprint density at radius 1 is 1.05 bits per heavy atom. The molecule has 0 fully saturated rings. The molecule has 5 heteroatoms. The predicted octanol–water partition coefficient (Wildman–Crippen LogP) is 3.24. The van der Waals surface area contributed by atoms with Gasteiger partial charge in [0.25, 0.3) is 0 Å². The molecule has 2 aromatic rings. The van der Waals surface area contributed by atoms with Crippen LogP contribution in [0.4, 0.5) is 0 Å². The number of hydrogen-bond donors (Lipinski definition) is 1. The van der Waals surface area contributed by atoms with Crippen LogP contribution in [0.1, 0.15) is 11.3 Å². The molecule has 0 saturated heterocycles. The van der Waals surface area contributed by atoms with E-state index in [9.17, 15) is 0 Å². The van der Waals surface area contributed by atoms with Crippen molar-refractivity contribution in [2.45, 2.75) is 13.1 Å². The van der Waals surface area contributed by atoms with E-state index >= 15 is 0 Å². The maximum Gasteiger partial charge on any atom is 0.193 e. The van der Waals surface area contributed by atoms with Gasteiger partial charge in [0.2, 0.25) is 0 Å². The molecule has 0 aliphatic rings. The quantitative estimate of drug-likeness (QED) is 0.883. The second-order valence-corrected chi connectivity index (χ2v) is 4.37. The summed E-state index contributed by atoms with van der Waals surface area (Å²) in [6.07, 6.45) is 0. The SMILES string of the molecule is COc1ccc(CNCc2ccc(Cl)o2)cc1OC. The molecule has 0 aliphatic carbocycles. The molecule has 19 heavy (non-hydrogen) atoms. The van der Waals surface area contributed by atoms with Crippen LogP contribution < -0.4 is 14.8 Å². The largest absolute Gasteiger partial charge is 0.493 e. The monoisotopic (exact) mass is 281 g/mol. The average Bonchev–Trinajstić information content (AvgIpc) is 2.84. The third kappa shape index (κ3) is 3.66. The fraction of sp³-hybridized carbons (Fsp3) is 0.286. The Kier molecular flexibility index (Phi) is 4.71. The lowest BCUT2D eigenvalue weighted by Crippen LogP contribution is -2.12. The number of nitrogens with one attached hydrogen (secondary N) is 1. The normalized spacial score (nSPS) is 10.5. The summed E-state index contributed by atoms with van der Waals surface area (Å²) in [5, 5.41) is 3.68. The van der Waals surface area contributed by atoms with Crippen LogP contribution in [0.15, 0.2) is 34.7 Å². The van der Waals surface area contributed by atoms with Gasteiger partial charge < -0.3 is 19.2 Å². The maximum atomic E-state index is 5.70. The Hall–Kier alpha value is -1.65. The van der Waals surface area contributed by atoms with Crippen molar-refractivity contribution in [1.82, 2.24) is 5.32 Å². The fourth-order valence-corrected chi connectivity index (χ4v) is 1.93. The summed E-state index contributed by atoms with van der Waals surface area (Å²) in [5.41, 5.74) is 1.11. The average molecular weight is 282 g/mol. The summed E-state index contributed by atoms with van der Waals surface area (Å²) in [5.74, 6) is 2.26. The van der Waals surface area contributed by atoms with E-state index in [1.54, 1.807) is 20.3 Å². The molecule has 0 radical (unpaired) electrons. The minimum atomic E-state index is 0.405. The van der Waals surface area contributed by atoms with Crippen molar-refractivity contribution in [2.24, 2.45) is 0 Å². The smallest absolute Gasteiger partial charge is 0.193 e. The van der Waals surface area contributed by atoms with E-state index in [0.29, 0.717) is 18.3 Å². The van der Waals surface area contributed by atoms with E-state index in [-0.39, 0.29) is 0 Å². The van der Waals surface area contributed by atoms with Gasteiger partial charge in [0.15, 0.2) is 16.7 Å². The van der Waals surface area contributed by atoms with Crippen molar-refractivity contribution in [3.63, 3.8) is 0 Å². The Bertz CT molecular complexity index is 539. The van der Waals surface area contributed by atoms with Crippen LogP contribution in [0.3, 0.4) is 0 Å². The number of benzene rings is 1. The second kappa shape index (κ2) is 6.50. The number of methoxy groups -OCH3 is 2. The van der Waals surface area contributed by atoms with Gasteiger partial charge in [-0.1, -0.05) is 6.07 Å². The molecule has 4 nitrogen and oxygen atoms in total. The molecule has 0 bridgehead atoms. The van der Waals surface area contributed by atoms with Gasteiger partial charge in [-0.25, -0.2) is 0 Å². The summed E-state index contributed by atoms with van der Waals surface area (Å²) in [7, 11) is 3.25. The summed E-state index contributed by atoms with van der Waals surface area (Å²) in [6.45, 7) is 1.33. The van der Waals surface area contributed by atoms with Crippen LogP contribution in [0, 0.1) is 0 Å². The molecule has 0 saturated carbocycles. The van der Waals surface area contributed by atoms with Crippen LogP contribution >= 0.6 is 11.6 Å². The van der Waals surface area contributed by atoms with Gasteiger partial charge in [0.05, 0.1) is 20.8 Å². The Labute approximate surface area is 117 Å². The molecule has 1 aromatic heterocycles. The van der Waals surface area contributed by atoms with Gasteiger partial charge in [0, 0.05) is 6.54 Å². The highest BCUT2D eigenvalue weighted by Crippen LogP contribution is 2.27. The standard InChI is InChI=1S/C14H16ClNO3/c1-17-12-5-3-10(7-13(12)18-2)8-16-9-11-4-6-14(15)19-11/h3-7,16H,8-9H2,1-2H3. The number of ether oxygens (including phenoxy) is 2.